The van der Waals surface area contributed by atoms with E-state index in [1.165, 1.54) is 0 Å². The minimum absolute atomic E-state index is 0.0601. The van der Waals surface area contributed by atoms with Gasteiger partial charge in [0.25, 0.3) is 0 Å². The number of aryl methyl sites for hydroxylation is 1. The molecule has 2 rings (SSSR count). The van der Waals surface area contributed by atoms with Gasteiger partial charge in [0, 0.05) is 12.5 Å². The Morgan fingerprint density at radius 1 is 1.59 bits per heavy atom. The number of anilines is 1. The molecule has 0 saturated heterocycles. The smallest absolute Gasteiger partial charge is 0.228 e. The predicted octanol–water partition coefficient (Wildman–Crippen LogP) is 1.54. The normalized spacial score (nSPS) is 15.6. The summed E-state index contributed by atoms with van der Waals surface area (Å²) in [6, 6.07) is 5.85. The highest BCUT2D eigenvalue weighted by atomic mass is 16.5. The van der Waals surface area contributed by atoms with Crippen molar-refractivity contribution in [2.24, 2.45) is 11.7 Å². The Morgan fingerprint density at radius 3 is 3.18 bits per heavy atom. The number of amides is 1. The topological polar surface area (TPSA) is 64.4 Å². The number of nitrogens with two attached hydrogens (primary N) is 1. The maximum Gasteiger partial charge on any atom is 0.228 e. The van der Waals surface area contributed by atoms with Crippen LogP contribution in [-0.4, -0.2) is 19.1 Å². The van der Waals surface area contributed by atoms with Crippen LogP contribution in [0.2, 0.25) is 0 Å². The molecule has 3 N–H and O–H groups in total. The van der Waals surface area contributed by atoms with Gasteiger partial charge in [-0.25, -0.2) is 0 Å². The number of hydrogen-bond donors (Lipinski definition) is 2. The summed E-state index contributed by atoms with van der Waals surface area (Å²) >= 11 is 0. The van der Waals surface area contributed by atoms with E-state index in [9.17, 15) is 4.79 Å². The Morgan fingerprint density at radius 2 is 2.41 bits per heavy atom. The average Bonchev–Trinajstić information content (AvgIpc) is 2.38. The molecule has 1 aliphatic rings. The standard InChI is InChI=1S/C13H18N2O2/c1-9(8-14)13(16)15-11-6-2-4-10-5-3-7-17-12(10)11/h2,4,6,9H,3,5,7-8,14H2,1H3,(H,15,16). The first kappa shape index (κ1) is 11.9. The number of hydrogen-bond acceptors (Lipinski definition) is 3. The fourth-order valence-electron chi connectivity index (χ4n) is 1.85. The van der Waals surface area contributed by atoms with E-state index in [0.29, 0.717) is 13.2 Å². The number of carbonyl (C=O) groups excluding carboxylic acids is 1. The summed E-state index contributed by atoms with van der Waals surface area (Å²) in [5.74, 6) is 0.570. The van der Waals surface area contributed by atoms with Crippen molar-refractivity contribution >= 4 is 11.6 Å². The van der Waals surface area contributed by atoms with Crippen molar-refractivity contribution in [3.8, 4) is 5.75 Å². The van der Waals surface area contributed by atoms with E-state index in [1.54, 1.807) is 0 Å². The summed E-state index contributed by atoms with van der Waals surface area (Å²) in [7, 11) is 0. The van der Waals surface area contributed by atoms with Gasteiger partial charge in [0.15, 0.2) is 0 Å². The summed E-state index contributed by atoms with van der Waals surface area (Å²) in [6.45, 7) is 2.87. The molecule has 1 atom stereocenters. The van der Waals surface area contributed by atoms with E-state index in [0.717, 1.165) is 29.8 Å². The minimum Gasteiger partial charge on any atom is -0.491 e. The Balaban J connectivity index is 2.18. The highest BCUT2D eigenvalue weighted by Gasteiger charge is 2.17. The number of benzene rings is 1. The molecule has 0 bridgehead atoms. The van der Waals surface area contributed by atoms with Crippen LogP contribution in [0.4, 0.5) is 5.69 Å². The van der Waals surface area contributed by atoms with Gasteiger partial charge in [-0.05, 0) is 24.5 Å². The van der Waals surface area contributed by atoms with Gasteiger partial charge in [-0.1, -0.05) is 19.1 Å². The van der Waals surface area contributed by atoms with Crippen molar-refractivity contribution in [1.82, 2.24) is 0 Å². The lowest BCUT2D eigenvalue weighted by Crippen LogP contribution is -2.27. The highest BCUT2D eigenvalue weighted by Crippen LogP contribution is 2.32. The van der Waals surface area contributed by atoms with Gasteiger partial charge < -0.3 is 15.8 Å². The number of carbonyl (C=O) groups is 1. The summed E-state index contributed by atoms with van der Waals surface area (Å²) in [6.07, 6.45) is 2.04. The molecule has 0 aliphatic carbocycles. The van der Waals surface area contributed by atoms with Gasteiger partial charge in [0.1, 0.15) is 5.75 Å². The molecule has 0 radical (unpaired) electrons. The van der Waals surface area contributed by atoms with E-state index >= 15 is 0 Å². The molecule has 92 valence electrons. The van der Waals surface area contributed by atoms with Crippen LogP contribution in [0.1, 0.15) is 18.9 Å². The van der Waals surface area contributed by atoms with Crippen molar-refractivity contribution in [3.05, 3.63) is 23.8 Å². The SMILES string of the molecule is CC(CN)C(=O)Nc1cccc2c1OCCC2. The molecular weight excluding hydrogens is 216 g/mol. The van der Waals surface area contributed by atoms with Crippen LogP contribution in [0.25, 0.3) is 0 Å². The van der Waals surface area contributed by atoms with E-state index < -0.39 is 0 Å². The van der Waals surface area contributed by atoms with Crippen LogP contribution >= 0.6 is 0 Å². The predicted molar refractivity (Wildman–Crippen MR) is 67.1 cm³/mol. The lowest BCUT2D eigenvalue weighted by atomic mass is 10.0. The molecule has 1 aliphatic heterocycles. The van der Waals surface area contributed by atoms with Gasteiger partial charge in [-0.3, -0.25) is 4.79 Å². The zero-order valence-electron chi connectivity index (χ0n) is 10.0. The molecule has 1 aromatic rings. The maximum atomic E-state index is 11.8. The van der Waals surface area contributed by atoms with Gasteiger partial charge in [0.2, 0.25) is 5.91 Å². The second-order valence-corrected chi connectivity index (χ2v) is 4.37. The number of nitrogens with one attached hydrogen (secondary N) is 1. The fourth-order valence-corrected chi connectivity index (χ4v) is 1.85. The number of rotatable bonds is 3. The van der Waals surface area contributed by atoms with Crippen molar-refractivity contribution < 1.29 is 9.53 Å². The molecule has 4 heteroatoms. The van der Waals surface area contributed by atoms with Crippen LogP contribution < -0.4 is 15.8 Å². The third kappa shape index (κ3) is 2.58. The van der Waals surface area contributed by atoms with E-state index in [4.69, 9.17) is 10.5 Å². The molecular formula is C13H18N2O2. The van der Waals surface area contributed by atoms with Crippen LogP contribution in [0.3, 0.4) is 0 Å². The Labute approximate surface area is 101 Å². The minimum atomic E-state index is -0.186. The molecule has 17 heavy (non-hydrogen) atoms. The monoisotopic (exact) mass is 234 g/mol. The lowest BCUT2D eigenvalue weighted by Gasteiger charge is -2.21. The first-order chi connectivity index (χ1) is 8.22. The maximum absolute atomic E-state index is 11.8. The molecule has 0 spiro atoms. The molecule has 0 fully saturated rings. The molecule has 1 aromatic carbocycles. The van der Waals surface area contributed by atoms with Crippen molar-refractivity contribution in [1.29, 1.82) is 0 Å². The van der Waals surface area contributed by atoms with Crippen LogP contribution in [-0.2, 0) is 11.2 Å². The highest BCUT2D eigenvalue weighted by molar-refractivity contribution is 5.94. The van der Waals surface area contributed by atoms with Crippen molar-refractivity contribution in [3.63, 3.8) is 0 Å². The Hall–Kier alpha value is -1.55. The summed E-state index contributed by atoms with van der Waals surface area (Å²) in [4.78, 5) is 11.8. The second kappa shape index (κ2) is 5.19. The zero-order chi connectivity index (χ0) is 12.3. The van der Waals surface area contributed by atoms with Gasteiger partial charge in [0.05, 0.1) is 12.3 Å². The number of ether oxygens (including phenoxy) is 1. The lowest BCUT2D eigenvalue weighted by molar-refractivity contribution is -0.119. The number of para-hydroxylation sites is 1. The Bertz CT molecular complexity index is 418. The fraction of sp³-hybridized carbons (Fsp3) is 0.462. The number of fused-ring (bicyclic) bond motifs is 1. The first-order valence-electron chi connectivity index (χ1n) is 5.98. The molecule has 0 saturated carbocycles. The molecule has 4 nitrogen and oxygen atoms in total. The first-order valence-corrected chi connectivity index (χ1v) is 5.98. The molecule has 1 heterocycles. The van der Waals surface area contributed by atoms with Gasteiger partial charge >= 0.3 is 0 Å². The zero-order valence-corrected chi connectivity index (χ0v) is 10.0. The Kier molecular flexibility index (Phi) is 3.64. The third-order valence-corrected chi connectivity index (χ3v) is 2.99. The van der Waals surface area contributed by atoms with Crippen LogP contribution in [0.5, 0.6) is 5.75 Å². The van der Waals surface area contributed by atoms with Crippen LogP contribution in [0, 0.1) is 5.92 Å². The summed E-state index contributed by atoms with van der Waals surface area (Å²) < 4.78 is 5.62. The van der Waals surface area contributed by atoms with E-state index in [2.05, 4.69) is 5.32 Å². The molecule has 1 unspecified atom stereocenters. The summed E-state index contributed by atoms with van der Waals surface area (Å²) in [5, 5.41) is 2.88. The summed E-state index contributed by atoms with van der Waals surface area (Å²) in [5.41, 5.74) is 7.39. The van der Waals surface area contributed by atoms with Crippen molar-refractivity contribution in [2.45, 2.75) is 19.8 Å². The largest absolute Gasteiger partial charge is 0.491 e. The average molecular weight is 234 g/mol. The molecule has 0 aromatic heterocycles. The van der Waals surface area contributed by atoms with Crippen molar-refractivity contribution in [2.75, 3.05) is 18.5 Å². The van der Waals surface area contributed by atoms with Crippen LogP contribution in [0.15, 0.2) is 18.2 Å². The van der Waals surface area contributed by atoms with Gasteiger partial charge in [-0.15, -0.1) is 0 Å². The van der Waals surface area contributed by atoms with E-state index in [-0.39, 0.29) is 11.8 Å². The van der Waals surface area contributed by atoms with Gasteiger partial charge in [-0.2, -0.15) is 0 Å². The van der Waals surface area contributed by atoms with E-state index in [1.807, 2.05) is 25.1 Å². The quantitative estimate of drug-likeness (QED) is 0.834. The molecule has 1 amide bonds. The second-order valence-electron chi connectivity index (χ2n) is 4.37. The third-order valence-electron chi connectivity index (χ3n) is 2.99.